The Morgan fingerprint density at radius 1 is 1.46 bits per heavy atom. The van der Waals surface area contributed by atoms with Gasteiger partial charge in [-0.25, -0.2) is 4.21 Å². The molecule has 0 aromatic heterocycles. The average Bonchev–Trinajstić information content (AvgIpc) is 2.15. The van der Waals surface area contributed by atoms with Crippen molar-refractivity contribution in [3.63, 3.8) is 0 Å². The maximum absolute atomic E-state index is 10.6. The van der Waals surface area contributed by atoms with Crippen LogP contribution in [0.15, 0.2) is 34.3 Å². The third kappa shape index (κ3) is 2.87. The Balaban J connectivity index is 2.80. The van der Waals surface area contributed by atoms with Crippen LogP contribution in [0.1, 0.15) is 5.56 Å². The van der Waals surface area contributed by atoms with Crippen molar-refractivity contribution in [2.24, 2.45) is 5.11 Å². The zero-order chi connectivity index (χ0) is 9.68. The smallest absolute Gasteiger partial charge is 0.186 e. The summed E-state index contributed by atoms with van der Waals surface area (Å²) < 4.78 is 19.2. The molecule has 1 aromatic rings. The lowest BCUT2D eigenvalue weighted by molar-refractivity contribution is 0.564. The molecule has 1 aromatic carbocycles. The summed E-state index contributed by atoms with van der Waals surface area (Å²) in [6.07, 6.45) is 0. The molecule has 5 nitrogen and oxygen atoms in total. The van der Waals surface area contributed by atoms with Crippen molar-refractivity contribution in [1.82, 2.24) is 0 Å². The number of azide groups is 1. The molecule has 0 aliphatic rings. The van der Waals surface area contributed by atoms with Gasteiger partial charge in [0, 0.05) is 4.91 Å². The molecule has 1 N–H and O–H groups in total. The van der Waals surface area contributed by atoms with Crippen LogP contribution >= 0.6 is 0 Å². The van der Waals surface area contributed by atoms with Crippen molar-refractivity contribution in [1.29, 1.82) is 0 Å². The maximum Gasteiger partial charge on any atom is 0.186 e. The van der Waals surface area contributed by atoms with Crippen LogP contribution in [0, 0.1) is 0 Å². The third-order valence-electron chi connectivity index (χ3n) is 1.44. The predicted molar refractivity (Wildman–Crippen MR) is 48.3 cm³/mol. The molecule has 0 aliphatic carbocycles. The van der Waals surface area contributed by atoms with Gasteiger partial charge in [0.1, 0.15) is 0 Å². The summed E-state index contributed by atoms with van der Waals surface area (Å²) in [6, 6.07) is 6.35. The molecule has 0 spiro atoms. The average molecular weight is 197 g/mol. The van der Waals surface area contributed by atoms with Crippen LogP contribution in [-0.4, -0.2) is 8.76 Å². The third-order valence-corrected chi connectivity index (χ3v) is 2.12. The van der Waals surface area contributed by atoms with Crippen LogP contribution in [0.2, 0.25) is 0 Å². The monoisotopic (exact) mass is 197 g/mol. The van der Waals surface area contributed by atoms with E-state index < -0.39 is 11.1 Å². The second-order valence-electron chi connectivity index (χ2n) is 2.28. The minimum atomic E-state index is -1.95. The van der Waals surface area contributed by atoms with Gasteiger partial charge in [0.25, 0.3) is 0 Å². The maximum atomic E-state index is 10.6. The van der Waals surface area contributed by atoms with E-state index in [0.29, 0.717) is 4.90 Å². The Kier molecular flexibility index (Phi) is 3.45. The van der Waals surface area contributed by atoms with E-state index >= 15 is 0 Å². The van der Waals surface area contributed by atoms with Crippen molar-refractivity contribution in [2.45, 2.75) is 11.4 Å². The quantitative estimate of drug-likeness (QED) is 0.348. The van der Waals surface area contributed by atoms with Crippen LogP contribution in [0.25, 0.3) is 10.4 Å². The van der Waals surface area contributed by atoms with E-state index in [-0.39, 0.29) is 6.54 Å². The molecular formula is C7H7N3O2S. The predicted octanol–water partition coefficient (Wildman–Crippen LogP) is 2.08. The van der Waals surface area contributed by atoms with Crippen LogP contribution in [0.4, 0.5) is 0 Å². The van der Waals surface area contributed by atoms with Gasteiger partial charge in [-0.05, 0) is 23.2 Å². The van der Waals surface area contributed by atoms with E-state index in [4.69, 9.17) is 10.1 Å². The fourth-order valence-electron chi connectivity index (χ4n) is 0.825. The molecule has 0 radical (unpaired) electrons. The SMILES string of the molecule is [N-]=[N+]=NCc1ccc(S(=O)O)cc1. The highest BCUT2D eigenvalue weighted by molar-refractivity contribution is 7.79. The summed E-state index contributed by atoms with van der Waals surface area (Å²) in [5.41, 5.74) is 8.85. The molecule has 1 atom stereocenters. The number of benzene rings is 1. The lowest BCUT2D eigenvalue weighted by Crippen LogP contribution is -1.88. The molecule has 13 heavy (non-hydrogen) atoms. The van der Waals surface area contributed by atoms with Gasteiger partial charge >= 0.3 is 0 Å². The Hall–Kier alpha value is -1.36. The highest BCUT2D eigenvalue weighted by Crippen LogP contribution is 2.08. The first-order valence-corrected chi connectivity index (χ1v) is 4.55. The van der Waals surface area contributed by atoms with Gasteiger partial charge < -0.3 is 4.55 Å². The number of hydrogen-bond donors (Lipinski definition) is 1. The zero-order valence-corrected chi connectivity index (χ0v) is 7.44. The standard InChI is InChI=1S/C7H7N3O2S/c8-10-9-5-6-1-3-7(4-2-6)13(11)12/h1-4H,5H2,(H,11,12). The number of rotatable bonds is 3. The van der Waals surface area contributed by atoms with Crippen LogP contribution in [0.5, 0.6) is 0 Å². The molecule has 0 heterocycles. The minimum Gasteiger partial charge on any atom is -0.302 e. The first-order valence-electron chi connectivity index (χ1n) is 3.44. The van der Waals surface area contributed by atoms with Crippen LogP contribution in [-0.2, 0) is 17.6 Å². The largest absolute Gasteiger partial charge is 0.302 e. The van der Waals surface area contributed by atoms with Gasteiger partial charge in [-0.15, -0.1) is 0 Å². The molecule has 0 amide bonds. The van der Waals surface area contributed by atoms with E-state index in [9.17, 15) is 4.21 Å². The number of nitrogens with zero attached hydrogens (tertiary/aromatic N) is 3. The van der Waals surface area contributed by atoms with Gasteiger partial charge in [0.2, 0.25) is 0 Å². The summed E-state index contributed by atoms with van der Waals surface area (Å²) in [5, 5.41) is 3.36. The Morgan fingerprint density at radius 3 is 2.54 bits per heavy atom. The fraction of sp³-hybridized carbons (Fsp3) is 0.143. The van der Waals surface area contributed by atoms with E-state index in [1.165, 1.54) is 12.1 Å². The van der Waals surface area contributed by atoms with Crippen molar-refractivity contribution in [3.05, 3.63) is 40.3 Å². The summed E-state index contributed by atoms with van der Waals surface area (Å²) in [7, 11) is 0. The summed E-state index contributed by atoms with van der Waals surface area (Å²) in [6.45, 7) is 0.259. The first kappa shape index (κ1) is 9.73. The molecule has 68 valence electrons. The van der Waals surface area contributed by atoms with Gasteiger partial charge in [-0.2, -0.15) is 0 Å². The van der Waals surface area contributed by atoms with Crippen LogP contribution in [0.3, 0.4) is 0 Å². The van der Waals surface area contributed by atoms with Crippen LogP contribution < -0.4 is 0 Å². The Bertz CT molecular complexity index is 357. The van der Waals surface area contributed by atoms with Crippen molar-refractivity contribution in [3.8, 4) is 0 Å². The highest BCUT2D eigenvalue weighted by Gasteiger charge is 1.98. The lowest BCUT2D eigenvalue weighted by Gasteiger charge is -1.96. The molecule has 0 saturated heterocycles. The van der Waals surface area contributed by atoms with Gasteiger partial charge in [-0.3, -0.25) is 0 Å². The van der Waals surface area contributed by atoms with Gasteiger partial charge in [0.05, 0.1) is 11.4 Å². The molecule has 6 heteroatoms. The van der Waals surface area contributed by atoms with Gasteiger partial charge in [-0.1, -0.05) is 17.2 Å². The second kappa shape index (κ2) is 4.61. The number of hydrogen-bond acceptors (Lipinski definition) is 2. The van der Waals surface area contributed by atoms with Crippen molar-refractivity contribution in [2.75, 3.05) is 0 Å². The summed E-state index contributed by atoms with van der Waals surface area (Å²) in [4.78, 5) is 2.94. The lowest BCUT2D eigenvalue weighted by atomic mass is 10.2. The zero-order valence-electron chi connectivity index (χ0n) is 6.62. The van der Waals surface area contributed by atoms with Crippen molar-refractivity contribution >= 4 is 11.1 Å². The second-order valence-corrected chi connectivity index (χ2v) is 3.25. The first-order chi connectivity index (χ1) is 6.24. The molecule has 0 fully saturated rings. The van der Waals surface area contributed by atoms with E-state index in [2.05, 4.69) is 10.0 Å². The topological polar surface area (TPSA) is 86.1 Å². The summed E-state index contributed by atoms with van der Waals surface area (Å²) in [5.74, 6) is 0. The summed E-state index contributed by atoms with van der Waals surface area (Å²) >= 11 is -1.95. The van der Waals surface area contributed by atoms with E-state index in [0.717, 1.165) is 5.56 Å². The molecule has 1 rings (SSSR count). The molecule has 0 aliphatic heterocycles. The molecule has 1 unspecified atom stereocenters. The molecule has 0 bridgehead atoms. The Morgan fingerprint density at radius 2 is 2.08 bits per heavy atom. The van der Waals surface area contributed by atoms with E-state index in [1.807, 2.05) is 0 Å². The van der Waals surface area contributed by atoms with Crippen molar-refractivity contribution < 1.29 is 8.76 Å². The van der Waals surface area contributed by atoms with E-state index in [1.54, 1.807) is 12.1 Å². The Labute approximate surface area is 77.3 Å². The molecule has 0 saturated carbocycles. The fourth-order valence-corrected chi connectivity index (χ4v) is 1.19. The highest BCUT2D eigenvalue weighted by atomic mass is 32.2. The minimum absolute atomic E-state index is 0.259. The van der Waals surface area contributed by atoms with Gasteiger partial charge in [0.15, 0.2) is 11.1 Å². The molecular weight excluding hydrogens is 190 g/mol. The normalized spacial score (nSPS) is 11.8.